The maximum absolute atomic E-state index is 4.42. The Hall–Kier alpha value is -0.830. The lowest BCUT2D eigenvalue weighted by atomic mass is 9.91. The van der Waals surface area contributed by atoms with Gasteiger partial charge in [0.05, 0.1) is 6.04 Å². The van der Waals surface area contributed by atoms with Crippen molar-refractivity contribution in [2.24, 2.45) is 5.92 Å². The fourth-order valence-corrected chi connectivity index (χ4v) is 2.80. The van der Waals surface area contributed by atoms with Crippen LogP contribution in [0.15, 0.2) is 12.4 Å². The quantitative estimate of drug-likeness (QED) is 0.767. The molecule has 2 rings (SSSR count). The van der Waals surface area contributed by atoms with Gasteiger partial charge in [0.2, 0.25) is 0 Å². The minimum absolute atomic E-state index is 0.429. The Kier molecular flexibility index (Phi) is 4.40. The second kappa shape index (κ2) is 6.04. The highest BCUT2D eigenvalue weighted by Gasteiger charge is 2.24. The van der Waals surface area contributed by atoms with Crippen LogP contribution < -0.4 is 5.32 Å². The average Bonchev–Trinajstić information content (AvgIpc) is 2.69. The van der Waals surface area contributed by atoms with Gasteiger partial charge in [-0.3, -0.25) is 0 Å². The molecular weight excluding hydrogens is 198 g/mol. The highest BCUT2D eigenvalue weighted by atomic mass is 15.0. The van der Waals surface area contributed by atoms with E-state index in [0.29, 0.717) is 6.04 Å². The van der Waals surface area contributed by atoms with Crippen molar-refractivity contribution in [1.29, 1.82) is 0 Å². The lowest BCUT2D eigenvalue weighted by Gasteiger charge is -2.25. The second-order valence-corrected chi connectivity index (χ2v) is 4.76. The summed E-state index contributed by atoms with van der Waals surface area (Å²) in [5, 5.41) is 3.59. The Balaban J connectivity index is 2.05. The molecule has 1 fully saturated rings. The average molecular weight is 221 g/mol. The summed E-state index contributed by atoms with van der Waals surface area (Å²) < 4.78 is 0. The fraction of sp³-hybridized carbons (Fsp3) is 0.769. The van der Waals surface area contributed by atoms with Crippen molar-refractivity contribution in [3.63, 3.8) is 0 Å². The molecule has 3 heteroatoms. The predicted octanol–water partition coefficient (Wildman–Crippen LogP) is 3.03. The third-order valence-corrected chi connectivity index (χ3v) is 3.61. The number of H-pyrrole nitrogens is 1. The summed E-state index contributed by atoms with van der Waals surface area (Å²) >= 11 is 0. The van der Waals surface area contributed by atoms with Gasteiger partial charge in [-0.1, -0.05) is 32.6 Å². The van der Waals surface area contributed by atoms with Crippen LogP contribution in [-0.4, -0.2) is 16.5 Å². The molecule has 0 saturated heterocycles. The van der Waals surface area contributed by atoms with E-state index in [2.05, 4.69) is 22.2 Å². The molecule has 3 nitrogen and oxygen atoms in total. The number of nitrogens with one attached hydrogen (secondary N) is 2. The summed E-state index contributed by atoms with van der Waals surface area (Å²) in [5.41, 5.74) is 0. The molecule has 1 unspecified atom stereocenters. The lowest BCUT2D eigenvalue weighted by molar-refractivity contribution is 0.319. The topological polar surface area (TPSA) is 40.7 Å². The zero-order chi connectivity index (χ0) is 11.2. The molecule has 0 radical (unpaired) electrons. The first-order chi connectivity index (χ1) is 7.92. The molecule has 1 atom stereocenters. The Morgan fingerprint density at radius 2 is 2.12 bits per heavy atom. The minimum atomic E-state index is 0.429. The molecule has 2 N–H and O–H groups in total. The molecule has 16 heavy (non-hydrogen) atoms. The van der Waals surface area contributed by atoms with Crippen molar-refractivity contribution in [3.8, 4) is 0 Å². The highest BCUT2D eigenvalue weighted by Crippen LogP contribution is 2.32. The van der Waals surface area contributed by atoms with Gasteiger partial charge in [0.25, 0.3) is 0 Å². The van der Waals surface area contributed by atoms with Crippen LogP contribution in [0.3, 0.4) is 0 Å². The number of rotatable bonds is 4. The van der Waals surface area contributed by atoms with Crippen molar-refractivity contribution < 1.29 is 0 Å². The largest absolute Gasteiger partial charge is 0.347 e. The number of aromatic nitrogens is 2. The third-order valence-electron chi connectivity index (χ3n) is 3.61. The summed E-state index contributed by atoms with van der Waals surface area (Å²) in [6.07, 6.45) is 12.1. The minimum Gasteiger partial charge on any atom is -0.347 e. The van der Waals surface area contributed by atoms with E-state index in [1.165, 1.54) is 38.5 Å². The number of nitrogens with zero attached hydrogens (tertiary/aromatic N) is 1. The van der Waals surface area contributed by atoms with E-state index in [1.807, 2.05) is 12.4 Å². The zero-order valence-electron chi connectivity index (χ0n) is 10.2. The Morgan fingerprint density at radius 3 is 2.69 bits per heavy atom. The molecule has 1 aromatic rings. The molecule has 0 bridgehead atoms. The molecule has 90 valence electrons. The van der Waals surface area contributed by atoms with E-state index >= 15 is 0 Å². The van der Waals surface area contributed by atoms with Crippen LogP contribution in [0, 0.1) is 5.92 Å². The van der Waals surface area contributed by atoms with Gasteiger partial charge in [-0.05, 0) is 25.3 Å². The third kappa shape index (κ3) is 2.85. The maximum Gasteiger partial charge on any atom is 0.123 e. The van der Waals surface area contributed by atoms with E-state index in [4.69, 9.17) is 0 Å². The number of hydrogen-bond donors (Lipinski definition) is 2. The molecule has 1 saturated carbocycles. The standard InChI is InChI=1S/C13H23N3/c1-2-14-12(13-15-9-10-16-13)11-7-5-3-4-6-8-11/h9-12,14H,2-8H2,1H3,(H,15,16). The molecule has 1 aromatic heterocycles. The fourth-order valence-electron chi connectivity index (χ4n) is 2.80. The summed E-state index contributed by atoms with van der Waals surface area (Å²) in [5.74, 6) is 1.88. The van der Waals surface area contributed by atoms with Gasteiger partial charge in [-0.25, -0.2) is 4.98 Å². The molecular formula is C13H23N3. The Labute approximate surface area is 98.1 Å². The Bertz CT molecular complexity index is 273. The van der Waals surface area contributed by atoms with Crippen LogP contribution >= 0.6 is 0 Å². The molecule has 0 spiro atoms. The first kappa shape index (κ1) is 11.6. The van der Waals surface area contributed by atoms with E-state index in [1.54, 1.807) is 0 Å². The highest BCUT2D eigenvalue weighted by molar-refractivity contribution is 4.98. The second-order valence-electron chi connectivity index (χ2n) is 4.76. The molecule has 0 aliphatic heterocycles. The maximum atomic E-state index is 4.42. The van der Waals surface area contributed by atoms with Crippen LogP contribution in [0.1, 0.15) is 57.3 Å². The van der Waals surface area contributed by atoms with Gasteiger partial charge >= 0.3 is 0 Å². The summed E-state index contributed by atoms with van der Waals surface area (Å²) in [6, 6.07) is 0.429. The van der Waals surface area contributed by atoms with Crippen molar-refractivity contribution in [2.45, 2.75) is 51.5 Å². The predicted molar refractivity (Wildman–Crippen MR) is 66.2 cm³/mol. The van der Waals surface area contributed by atoms with Gasteiger partial charge in [0.1, 0.15) is 5.82 Å². The van der Waals surface area contributed by atoms with E-state index < -0.39 is 0 Å². The van der Waals surface area contributed by atoms with Crippen molar-refractivity contribution in [1.82, 2.24) is 15.3 Å². The molecule has 1 aliphatic carbocycles. The van der Waals surface area contributed by atoms with Crippen molar-refractivity contribution >= 4 is 0 Å². The SMILES string of the molecule is CCNC(c1ncc[nH]1)C1CCCCCC1. The number of aromatic amines is 1. The summed E-state index contributed by atoms with van der Waals surface area (Å²) in [6.45, 7) is 3.19. The first-order valence-corrected chi connectivity index (χ1v) is 6.64. The number of imidazole rings is 1. The van der Waals surface area contributed by atoms with Crippen molar-refractivity contribution in [2.75, 3.05) is 6.54 Å². The van der Waals surface area contributed by atoms with E-state index in [-0.39, 0.29) is 0 Å². The van der Waals surface area contributed by atoms with E-state index in [9.17, 15) is 0 Å². The monoisotopic (exact) mass is 221 g/mol. The summed E-state index contributed by atoms with van der Waals surface area (Å²) in [4.78, 5) is 7.69. The van der Waals surface area contributed by atoms with Crippen LogP contribution in [0.4, 0.5) is 0 Å². The Morgan fingerprint density at radius 1 is 1.38 bits per heavy atom. The van der Waals surface area contributed by atoms with Crippen LogP contribution in [-0.2, 0) is 0 Å². The zero-order valence-corrected chi connectivity index (χ0v) is 10.2. The van der Waals surface area contributed by atoms with E-state index in [0.717, 1.165) is 18.3 Å². The first-order valence-electron chi connectivity index (χ1n) is 6.64. The van der Waals surface area contributed by atoms with Crippen LogP contribution in [0.5, 0.6) is 0 Å². The molecule has 0 amide bonds. The summed E-state index contributed by atoms with van der Waals surface area (Å²) in [7, 11) is 0. The van der Waals surface area contributed by atoms with Crippen LogP contribution in [0.2, 0.25) is 0 Å². The normalized spacial score (nSPS) is 20.6. The van der Waals surface area contributed by atoms with Gasteiger partial charge in [0.15, 0.2) is 0 Å². The van der Waals surface area contributed by atoms with Gasteiger partial charge in [-0.2, -0.15) is 0 Å². The van der Waals surface area contributed by atoms with Crippen LogP contribution in [0.25, 0.3) is 0 Å². The van der Waals surface area contributed by atoms with Gasteiger partial charge < -0.3 is 10.3 Å². The number of hydrogen-bond acceptors (Lipinski definition) is 2. The van der Waals surface area contributed by atoms with Gasteiger partial charge in [-0.15, -0.1) is 0 Å². The van der Waals surface area contributed by atoms with Gasteiger partial charge in [0, 0.05) is 12.4 Å². The molecule has 0 aromatic carbocycles. The lowest BCUT2D eigenvalue weighted by Crippen LogP contribution is -2.29. The van der Waals surface area contributed by atoms with Crippen molar-refractivity contribution in [3.05, 3.63) is 18.2 Å². The molecule has 1 heterocycles. The smallest absolute Gasteiger partial charge is 0.123 e. The molecule has 1 aliphatic rings.